The number of carboxylic acid groups (broad SMARTS) is 2. The van der Waals surface area contributed by atoms with Gasteiger partial charge in [0, 0.05) is 0 Å². The second-order valence-electron chi connectivity index (χ2n) is 7.63. The van der Waals surface area contributed by atoms with E-state index in [2.05, 4.69) is 0 Å². The maximum Gasteiger partial charge on any atom is 0.363 e. The van der Waals surface area contributed by atoms with Crippen molar-refractivity contribution >= 4 is 25.7 Å². The van der Waals surface area contributed by atoms with Gasteiger partial charge in [0.25, 0.3) is 0 Å². The summed E-state index contributed by atoms with van der Waals surface area (Å²) in [5.41, 5.74) is 6.41. The van der Waals surface area contributed by atoms with Crippen LogP contribution in [0, 0.1) is 41.5 Å². The Labute approximate surface area is 191 Å². The summed E-state index contributed by atoms with van der Waals surface area (Å²) in [6.45, 7) is 11.2. The smallest absolute Gasteiger partial charge is 0.363 e. The Morgan fingerprint density at radius 1 is 0.625 bits per heavy atom. The van der Waals surface area contributed by atoms with E-state index in [1.165, 1.54) is 0 Å². The first-order valence-electron chi connectivity index (χ1n) is 10.0. The fourth-order valence-corrected chi connectivity index (χ4v) is 3.87. The second-order valence-corrected chi connectivity index (χ2v) is 8.41. The molecule has 3 aromatic carbocycles. The van der Waals surface area contributed by atoms with Crippen LogP contribution in [0.25, 0.3) is 0 Å². The third-order valence-electron chi connectivity index (χ3n) is 4.67. The third kappa shape index (κ3) is 8.09. The predicted molar refractivity (Wildman–Crippen MR) is 130 cm³/mol. The van der Waals surface area contributed by atoms with Gasteiger partial charge in [-0.3, -0.25) is 0 Å². The summed E-state index contributed by atoms with van der Waals surface area (Å²) in [7, 11) is -0.320. The van der Waals surface area contributed by atoms with Crippen LogP contribution in [0.1, 0.15) is 54.1 Å². The van der Waals surface area contributed by atoms with Gasteiger partial charge in [0.1, 0.15) is 0 Å². The highest BCUT2D eigenvalue weighted by molar-refractivity contribution is 7.34. The van der Waals surface area contributed by atoms with Crippen molar-refractivity contribution in [2.45, 2.75) is 41.5 Å². The number of benzene rings is 3. The molecule has 0 saturated carbocycles. The Bertz CT molecular complexity index is 991. The molecule has 1 atom stereocenters. The molecule has 1 unspecified atom stereocenters. The lowest BCUT2D eigenvalue weighted by Crippen LogP contribution is -2.03. The molecule has 6 heteroatoms. The fraction of sp³-hybridized carbons (Fsp3) is 0.231. The molecule has 0 bridgehead atoms. The Balaban J connectivity index is 0.000000245. The summed E-state index contributed by atoms with van der Waals surface area (Å²) in [5.74, 6) is -1.69. The Morgan fingerprint density at radius 3 is 1.16 bits per heavy atom. The van der Waals surface area contributed by atoms with Crippen molar-refractivity contribution in [3.05, 3.63) is 99.1 Å². The molecular weight excluding hydrogens is 423 g/mol. The van der Waals surface area contributed by atoms with Crippen molar-refractivity contribution in [3.63, 3.8) is 0 Å². The predicted octanol–water partition coefficient (Wildman–Crippen LogP) is 5.96. The zero-order valence-electron chi connectivity index (χ0n) is 19.3. The van der Waals surface area contributed by atoms with Crippen LogP contribution in [0.15, 0.2) is 54.6 Å². The molecule has 3 aromatic rings. The van der Waals surface area contributed by atoms with Gasteiger partial charge >= 0.3 is 20.4 Å². The van der Waals surface area contributed by atoms with E-state index in [1.54, 1.807) is 0 Å². The van der Waals surface area contributed by atoms with Gasteiger partial charge in [0.15, 0.2) is 5.30 Å². The summed E-state index contributed by atoms with van der Waals surface area (Å²) in [6, 6.07) is 16.9. The zero-order chi connectivity index (χ0) is 24.4. The summed E-state index contributed by atoms with van der Waals surface area (Å²) in [6.07, 6.45) is 0. The SMILES string of the molecule is Cc1cc(C)c(C(=O)O)c(C)c1.Cc1cc(C)c(C(=O)O)c(C)c1.O=[PH+]c1ccccc1. The van der Waals surface area contributed by atoms with E-state index in [0.717, 1.165) is 38.7 Å². The molecule has 5 nitrogen and oxygen atoms in total. The summed E-state index contributed by atoms with van der Waals surface area (Å²) < 4.78 is 10.2. The van der Waals surface area contributed by atoms with Crippen LogP contribution < -0.4 is 5.30 Å². The van der Waals surface area contributed by atoms with Gasteiger partial charge in [-0.25, -0.2) is 9.59 Å². The van der Waals surface area contributed by atoms with E-state index >= 15 is 0 Å². The van der Waals surface area contributed by atoms with E-state index < -0.39 is 11.9 Å². The molecule has 0 saturated heterocycles. The van der Waals surface area contributed by atoms with Crippen LogP contribution in [-0.4, -0.2) is 22.2 Å². The number of hydrogen-bond donors (Lipinski definition) is 2. The number of aryl methyl sites for hydroxylation is 6. The van der Waals surface area contributed by atoms with Crippen LogP contribution in [0.5, 0.6) is 0 Å². The number of aromatic carboxylic acids is 2. The van der Waals surface area contributed by atoms with E-state index in [-0.39, 0.29) is 8.46 Å². The molecule has 0 fully saturated rings. The molecule has 0 aliphatic rings. The average molecular weight is 453 g/mol. The molecule has 168 valence electrons. The molecule has 0 aromatic heterocycles. The molecule has 32 heavy (non-hydrogen) atoms. The standard InChI is InChI=1S/2C10H12O2.C6H5OP/c2*1-6-4-7(2)9(10(11)12)8(3)5-6;7-8-6-4-2-1-3-5-6/h2*4-5H,1-3H3,(H,11,12);1-5H/p+1. The van der Waals surface area contributed by atoms with Crippen molar-refractivity contribution in [2.75, 3.05) is 0 Å². The van der Waals surface area contributed by atoms with Gasteiger partial charge in [-0.15, -0.1) is 0 Å². The van der Waals surface area contributed by atoms with Gasteiger partial charge in [0.2, 0.25) is 0 Å². The normalized spacial score (nSPS) is 9.81. The van der Waals surface area contributed by atoms with E-state index in [9.17, 15) is 14.2 Å². The van der Waals surface area contributed by atoms with Crippen molar-refractivity contribution in [1.82, 2.24) is 0 Å². The van der Waals surface area contributed by atoms with Gasteiger partial charge < -0.3 is 10.2 Å². The molecular formula is C26H30O5P+. The first kappa shape index (κ1) is 26.7. The molecule has 2 N–H and O–H groups in total. The quantitative estimate of drug-likeness (QED) is 0.478. The van der Waals surface area contributed by atoms with Crippen LogP contribution in [0.2, 0.25) is 0 Å². The van der Waals surface area contributed by atoms with Crippen LogP contribution in [0.4, 0.5) is 0 Å². The summed E-state index contributed by atoms with van der Waals surface area (Å²) in [5, 5.41) is 18.6. The van der Waals surface area contributed by atoms with Crippen LogP contribution in [-0.2, 0) is 4.57 Å². The van der Waals surface area contributed by atoms with E-state index in [4.69, 9.17) is 10.2 Å². The number of rotatable bonds is 3. The van der Waals surface area contributed by atoms with Gasteiger partial charge in [-0.05, 0) is 75.9 Å². The Hall–Kier alpha value is -3.30. The van der Waals surface area contributed by atoms with Gasteiger partial charge in [0.05, 0.1) is 11.1 Å². The van der Waals surface area contributed by atoms with Crippen LogP contribution >= 0.6 is 8.46 Å². The van der Waals surface area contributed by atoms with Gasteiger partial charge in [-0.2, -0.15) is 0 Å². The highest BCUT2D eigenvalue weighted by atomic mass is 31.1. The fourth-order valence-electron chi connectivity index (χ4n) is 3.54. The lowest BCUT2D eigenvalue weighted by molar-refractivity contribution is 0.0684. The van der Waals surface area contributed by atoms with E-state index in [1.807, 2.05) is 96.1 Å². The molecule has 0 heterocycles. The van der Waals surface area contributed by atoms with Crippen LogP contribution in [0.3, 0.4) is 0 Å². The number of carboxylic acids is 2. The first-order chi connectivity index (χ1) is 15.0. The van der Waals surface area contributed by atoms with Crippen molar-refractivity contribution in [3.8, 4) is 0 Å². The molecule has 0 aliphatic carbocycles. The lowest BCUT2D eigenvalue weighted by Gasteiger charge is -2.05. The Morgan fingerprint density at radius 2 is 0.938 bits per heavy atom. The third-order valence-corrected chi connectivity index (χ3v) is 5.24. The Kier molecular flexibility index (Phi) is 10.5. The highest BCUT2D eigenvalue weighted by Gasteiger charge is 2.10. The minimum atomic E-state index is -0.843. The van der Waals surface area contributed by atoms with Crippen molar-refractivity contribution in [1.29, 1.82) is 0 Å². The zero-order valence-corrected chi connectivity index (χ0v) is 20.3. The molecule has 3 rings (SSSR count). The average Bonchev–Trinajstić information content (AvgIpc) is 2.67. The molecule has 0 spiro atoms. The van der Waals surface area contributed by atoms with Gasteiger partial charge in [-0.1, -0.05) is 58.2 Å². The molecule has 0 radical (unpaired) electrons. The van der Waals surface area contributed by atoms with Crippen molar-refractivity contribution < 1.29 is 24.4 Å². The minimum Gasteiger partial charge on any atom is -0.478 e. The lowest BCUT2D eigenvalue weighted by atomic mass is 10.0. The highest BCUT2D eigenvalue weighted by Crippen LogP contribution is 2.16. The largest absolute Gasteiger partial charge is 0.478 e. The summed E-state index contributed by atoms with van der Waals surface area (Å²) >= 11 is 0. The maximum absolute atomic E-state index is 10.8. The monoisotopic (exact) mass is 453 g/mol. The molecule has 0 amide bonds. The van der Waals surface area contributed by atoms with E-state index in [0.29, 0.717) is 11.1 Å². The number of hydrogen-bond acceptors (Lipinski definition) is 3. The first-order valence-corrected chi connectivity index (χ1v) is 10.9. The maximum atomic E-state index is 10.8. The minimum absolute atomic E-state index is 0.320. The second kappa shape index (κ2) is 12.5. The topological polar surface area (TPSA) is 91.7 Å². The summed E-state index contributed by atoms with van der Waals surface area (Å²) in [4.78, 5) is 21.5. The number of carbonyl (C=O) groups is 2. The van der Waals surface area contributed by atoms with Crippen molar-refractivity contribution in [2.24, 2.45) is 0 Å². The molecule has 0 aliphatic heterocycles.